The highest BCUT2D eigenvalue weighted by Crippen LogP contribution is 2.21. The predicted octanol–water partition coefficient (Wildman–Crippen LogP) is 2.27. The van der Waals surface area contributed by atoms with Crippen molar-refractivity contribution in [2.45, 2.75) is 17.9 Å². The van der Waals surface area contributed by atoms with Gasteiger partial charge in [-0.1, -0.05) is 23.5 Å². The van der Waals surface area contributed by atoms with Gasteiger partial charge in [0, 0.05) is 11.4 Å². The molecule has 9 heteroatoms. The van der Waals surface area contributed by atoms with E-state index in [1.165, 1.54) is 34.8 Å². The molecule has 25 heavy (non-hydrogen) atoms. The number of allylic oxidation sites excluding steroid dienone is 1. The SMILES string of the molecule is C=CCn1c(=NC(=O)Cc2cccs2)sc2cc(S(N)(=O)=O)ccc21. The number of thiazole rings is 1. The van der Waals surface area contributed by atoms with Gasteiger partial charge in [-0.15, -0.1) is 17.9 Å². The quantitative estimate of drug-likeness (QED) is 0.674. The maximum Gasteiger partial charge on any atom is 0.253 e. The standard InChI is InChI=1S/C16H15N3O3S3/c1-2-7-19-13-6-5-12(25(17,21)22)10-14(13)24-16(19)18-15(20)9-11-4-3-8-23-11/h2-6,8,10H,1,7,9H2,(H2,17,21,22). The molecule has 2 aromatic heterocycles. The lowest BCUT2D eigenvalue weighted by molar-refractivity contribution is -0.117. The van der Waals surface area contributed by atoms with Crippen LogP contribution in [0, 0.1) is 0 Å². The Kier molecular flexibility index (Phi) is 5.00. The lowest BCUT2D eigenvalue weighted by Crippen LogP contribution is -2.16. The van der Waals surface area contributed by atoms with Crippen LogP contribution in [-0.2, 0) is 27.8 Å². The third kappa shape index (κ3) is 3.96. The Bertz CT molecular complexity index is 1110. The molecule has 0 radical (unpaired) electrons. The smallest absolute Gasteiger partial charge is 0.253 e. The molecular weight excluding hydrogens is 378 g/mol. The fraction of sp³-hybridized carbons (Fsp3) is 0.125. The molecule has 0 aliphatic carbocycles. The summed E-state index contributed by atoms with van der Waals surface area (Å²) in [6.07, 6.45) is 1.94. The molecule has 6 nitrogen and oxygen atoms in total. The van der Waals surface area contributed by atoms with Crippen molar-refractivity contribution in [3.63, 3.8) is 0 Å². The zero-order valence-corrected chi connectivity index (χ0v) is 15.5. The largest absolute Gasteiger partial charge is 0.313 e. The Morgan fingerprint density at radius 2 is 2.16 bits per heavy atom. The Morgan fingerprint density at radius 1 is 1.36 bits per heavy atom. The maximum atomic E-state index is 12.2. The first-order chi connectivity index (χ1) is 11.9. The van der Waals surface area contributed by atoms with E-state index >= 15 is 0 Å². The molecule has 1 aromatic carbocycles. The first-order valence-electron chi connectivity index (χ1n) is 7.25. The van der Waals surface area contributed by atoms with Crippen molar-refractivity contribution in [2.75, 3.05) is 0 Å². The van der Waals surface area contributed by atoms with Crippen LogP contribution in [0.4, 0.5) is 0 Å². The summed E-state index contributed by atoms with van der Waals surface area (Å²) in [7, 11) is -3.79. The number of aromatic nitrogens is 1. The van der Waals surface area contributed by atoms with Gasteiger partial charge in [0.15, 0.2) is 4.80 Å². The van der Waals surface area contributed by atoms with Gasteiger partial charge in [-0.3, -0.25) is 4.79 Å². The predicted molar refractivity (Wildman–Crippen MR) is 100.0 cm³/mol. The number of amides is 1. The number of benzene rings is 1. The van der Waals surface area contributed by atoms with Crippen molar-refractivity contribution in [1.29, 1.82) is 0 Å². The van der Waals surface area contributed by atoms with Gasteiger partial charge in [0.1, 0.15) is 0 Å². The van der Waals surface area contributed by atoms with Gasteiger partial charge in [0.2, 0.25) is 10.0 Å². The van der Waals surface area contributed by atoms with Gasteiger partial charge >= 0.3 is 0 Å². The van der Waals surface area contributed by atoms with Gasteiger partial charge in [-0.2, -0.15) is 4.99 Å². The molecule has 0 bridgehead atoms. The number of carbonyl (C=O) groups excluding carboxylic acids is 1. The van der Waals surface area contributed by atoms with E-state index in [9.17, 15) is 13.2 Å². The third-order valence-corrected chi connectivity index (χ3v) is 6.25. The molecule has 2 heterocycles. The zero-order valence-electron chi connectivity index (χ0n) is 13.1. The van der Waals surface area contributed by atoms with Crippen molar-refractivity contribution in [3.05, 3.63) is 58.0 Å². The van der Waals surface area contributed by atoms with Crippen molar-refractivity contribution in [3.8, 4) is 0 Å². The van der Waals surface area contributed by atoms with Crippen LogP contribution in [0.2, 0.25) is 0 Å². The van der Waals surface area contributed by atoms with Crippen molar-refractivity contribution >= 4 is 48.8 Å². The van der Waals surface area contributed by atoms with Crippen LogP contribution in [0.25, 0.3) is 10.2 Å². The number of sulfonamides is 1. The fourth-order valence-corrected chi connectivity index (χ4v) is 4.74. The van der Waals surface area contributed by atoms with Gasteiger partial charge < -0.3 is 4.57 Å². The number of rotatable bonds is 5. The van der Waals surface area contributed by atoms with Crippen LogP contribution in [0.3, 0.4) is 0 Å². The molecule has 0 saturated heterocycles. The molecule has 0 aliphatic heterocycles. The van der Waals surface area contributed by atoms with Crippen LogP contribution in [0.15, 0.2) is 58.3 Å². The minimum absolute atomic E-state index is 0.0310. The first kappa shape index (κ1) is 17.7. The molecule has 0 spiro atoms. The van der Waals surface area contributed by atoms with Crippen LogP contribution in [0.1, 0.15) is 4.88 Å². The average Bonchev–Trinajstić information content (AvgIpc) is 3.15. The van der Waals surface area contributed by atoms with E-state index in [-0.39, 0.29) is 17.2 Å². The summed E-state index contributed by atoms with van der Waals surface area (Å²) >= 11 is 2.75. The molecule has 3 rings (SSSR count). The lowest BCUT2D eigenvalue weighted by Gasteiger charge is -2.02. The molecule has 0 fully saturated rings. The number of carbonyl (C=O) groups is 1. The number of hydrogen-bond acceptors (Lipinski definition) is 5. The first-order valence-corrected chi connectivity index (χ1v) is 10.5. The molecule has 0 aliphatic rings. The molecule has 3 aromatic rings. The summed E-state index contributed by atoms with van der Waals surface area (Å²) in [5.41, 5.74) is 0.778. The van der Waals surface area contributed by atoms with Crippen LogP contribution >= 0.6 is 22.7 Å². The monoisotopic (exact) mass is 393 g/mol. The van der Waals surface area contributed by atoms with Gasteiger partial charge in [0.05, 0.1) is 21.5 Å². The summed E-state index contributed by atoms with van der Waals surface area (Å²) in [5.74, 6) is -0.251. The van der Waals surface area contributed by atoms with E-state index in [0.29, 0.717) is 16.0 Å². The molecule has 0 saturated carbocycles. The Labute approximate surface area is 152 Å². The summed E-state index contributed by atoms with van der Waals surface area (Å²) in [6, 6.07) is 8.38. The van der Waals surface area contributed by atoms with E-state index in [1.54, 1.807) is 12.1 Å². The summed E-state index contributed by atoms with van der Waals surface area (Å²) in [5, 5.41) is 7.10. The molecule has 0 atom stereocenters. The second kappa shape index (κ2) is 7.04. The normalized spacial score (nSPS) is 12.6. The van der Waals surface area contributed by atoms with E-state index in [4.69, 9.17) is 5.14 Å². The zero-order chi connectivity index (χ0) is 18.0. The Morgan fingerprint density at radius 3 is 2.80 bits per heavy atom. The molecule has 130 valence electrons. The third-order valence-electron chi connectivity index (χ3n) is 3.42. The van der Waals surface area contributed by atoms with Crippen molar-refractivity contribution in [1.82, 2.24) is 4.57 Å². The molecule has 2 N–H and O–H groups in total. The van der Waals surface area contributed by atoms with Gasteiger partial charge in [-0.05, 0) is 29.6 Å². The summed E-state index contributed by atoms with van der Waals surface area (Å²) in [6.45, 7) is 4.18. The highest BCUT2D eigenvalue weighted by Gasteiger charge is 2.13. The highest BCUT2D eigenvalue weighted by atomic mass is 32.2. The fourth-order valence-electron chi connectivity index (χ4n) is 2.33. The van der Waals surface area contributed by atoms with E-state index in [2.05, 4.69) is 11.6 Å². The number of primary sulfonamides is 1. The van der Waals surface area contributed by atoms with Crippen molar-refractivity contribution < 1.29 is 13.2 Å². The van der Waals surface area contributed by atoms with E-state index in [1.807, 2.05) is 22.1 Å². The maximum absolute atomic E-state index is 12.2. The highest BCUT2D eigenvalue weighted by molar-refractivity contribution is 7.89. The average molecular weight is 394 g/mol. The topological polar surface area (TPSA) is 94.5 Å². The van der Waals surface area contributed by atoms with Gasteiger partial charge in [0.25, 0.3) is 5.91 Å². The number of thiophene rings is 1. The lowest BCUT2D eigenvalue weighted by atomic mass is 10.3. The number of hydrogen-bond donors (Lipinski definition) is 1. The second-order valence-electron chi connectivity index (χ2n) is 5.22. The number of nitrogens with two attached hydrogens (primary N) is 1. The minimum atomic E-state index is -3.79. The van der Waals surface area contributed by atoms with Crippen LogP contribution < -0.4 is 9.94 Å². The van der Waals surface area contributed by atoms with E-state index in [0.717, 1.165) is 10.4 Å². The molecular formula is C16H15N3O3S3. The summed E-state index contributed by atoms with van der Waals surface area (Å²) < 4.78 is 25.6. The number of fused-ring (bicyclic) bond motifs is 1. The van der Waals surface area contributed by atoms with Crippen LogP contribution in [0.5, 0.6) is 0 Å². The van der Waals surface area contributed by atoms with Crippen molar-refractivity contribution in [2.24, 2.45) is 10.1 Å². The second-order valence-corrected chi connectivity index (χ2v) is 8.82. The molecule has 1 amide bonds. The number of nitrogens with zero attached hydrogens (tertiary/aromatic N) is 2. The molecule has 0 unspecified atom stereocenters. The Hall–Kier alpha value is -2.07. The van der Waals surface area contributed by atoms with Crippen LogP contribution in [-0.4, -0.2) is 18.9 Å². The minimum Gasteiger partial charge on any atom is -0.313 e. The Balaban J connectivity index is 2.09. The van der Waals surface area contributed by atoms with E-state index < -0.39 is 10.0 Å². The van der Waals surface area contributed by atoms with Gasteiger partial charge in [-0.25, -0.2) is 13.6 Å². The summed E-state index contributed by atoms with van der Waals surface area (Å²) in [4.78, 5) is 17.9.